The maximum atomic E-state index is 5.81. The van der Waals surface area contributed by atoms with Gasteiger partial charge in [0, 0.05) is 12.6 Å². The van der Waals surface area contributed by atoms with Crippen molar-refractivity contribution >= 4 is 0 Å². The first-order valence-electron chi connectivity index (χ1n) is 5.86. The molecular weight excluding hydrogens is 174 g/mol. The van der Waals surface area contributed by atoms with Crippen LogP contribution in [0, 0.1) is 0 Å². The van der Waals surface area contributed by atoms with E-state index in [1.54, 1.807) is 0 Å². The number of methoxy groups -OCH3 is 1. The average molecular weight is 201 g/mol. The summed E-state index contributed by atoms with van der Waals surface area (Å²) in [5.41, 5.74) is 0.0938. The van der Waals surface area contributed by atoms with Crippen LogP contribution in [0.5, 0.6) is 0 Å². The molecule has 2 heteroatoms. The van der Waals surface area contributed by atoms with Crippen molar-refractivity contribution in [2.45, 2.75) is 64.5 Å². The van der Waals surface area contributed by atoms with Gasteiger partial charge in [-0.25, -0.2) is 0 Å². The summed E-state index contributed by atoms with van der Waals surface area (Å²) in [4.78, 5) is 0. The van der Waals surface area contributed by atoms with E-state index in [9.17, 15) is 0 Å². The highest BCUT2D eigenvalue weighted by atomic mass is 16.5. The van der Waals surface area contributed by atoms with Gasteiger partial charge in [-0.2, -0.15) is 0 Å². The second-order valence-electron chi connectivity index (χ2n) is 3.94. The number of hydrogen-bond acceptors (Lipinski definition) is 2. The maximum Gasteiger partial charge on any atom is 0.0853 e. The molecule has 0 aromatic heterocycles. The molecule has 0 aliphatic heterocycles. The molecule has 0 amide bonds. The molecular formula is C12H27NO. The lowest BCUT2D eigenvalue weighted by Crippen LogP contribution is -2.61. The summed E-state index contributed by atoms with van der Waals surface area (Å²) < 4.78 is 5.81. The van der Waals surface area contributed by atoms with Gasteiger partial charge < -0.3 is 10.1 Å². The molecule has 0 bridgehead atoms. The molecule has 0 aromatic rings. The Hall–Kier alpha value is -0.0800. The molecule has 0 radical (unpaired) electrons. The first kappa shape index (κ1) is 13.9. The fourth-order valence-corrected chi connectivity index (χ4v) is 2.89. The fourth-order valence-electron chi connectivity index (χ4n) is 2.89. The van der Waals surface area contributed by atoms with Gasteiger partial charge in [0.25, 0.3) is 0 Å². The molecule has 0 saturated carbocycles. The Labute approximate surface area is 89.4 Å². The predicted octanol–water partition coefficient (Wildman–Crippen LogP) is 2.97. The average Bonchev–Trinajstić information content (AvgIpc) is 2.27. The molecule has 0 spiro atoms. The zero-order chi connectivity index (χ0) is 11.2. The quantitative estimate of drug-likeness (QED) is 0.684. The maximum absolute atomic E-state index is 5.81. The van der Waals surface area contributed by atoms with Crippen LogP contribution < -0.4 is 5.32 Å². The minimum absolute atomic E-state index is 0.0226. The van der Waals surface area contributed by atoms with E-state index in [0.717, 1.165) is 25.7 Å². The lowest BCUT2D eigenvalue weighted by molar-refractivity contribution is -0.0933. The summed E-state index contributed by atoms with van der Waals surface area (Å²) in [7, 11) is 3.89. The Morgan fingerprint density at radius 3 is 1.43 bits per heavy atom. The topological polar surface area (TPSA) is 21.3 Å². The van der Waals surface area contributed by atoms with E-state index in [1.165, 1.54) is 0 Å². The highest BCUT2D eigenvalue weighted by Gasteiger charge is 2.45. The second-order valence-corrected chi connectivity index (χ2v) is 3.94. The molecule has 1 N–H and O–H groups in total. The van der Waals surface area contributed by atoms with Crippen molar-refractivity contribution in [2.75, 3.05) is 14.2 Å². The van der Waals surface area contributed by atoms with Crippen molar-refractivity contribution in [3.05, 3.63) is 0 Å². The Bertz CT molecular complexity index is 114. The highest BCUT2D eigenvalue weighted by molar-refractivity contribution is 5.03. The summed E-state index contributed by atoms with van der Waals surface area (Å²) in [6.07, 6.45) is 4.33. The molecule has 0 fully saturated rings. The van der Waals surface area contributed by atoms with Crippen LogP contribution >= 0.6 is 0 Å². The first-order valence-corrected chi connectivity index (χ1v) is 5.86. The van der Waals surface area contributed by atoms with Crippen LogP contribution in [0.25, 0.3) is 0 Å². The van der Waals surface area contributed by atoms with Crippen LogP contribution in [0.2, 0.25) is 0 Å². The Morgan fingerprint density at radius 2 is 1.36 bits per heavy atom. The number of rotatable bonds is 7. The third-order valence-electron chi connectivity index (χ3n) is 4.09. The minimum atomic E-state index is -0.0226. The van der Waals surface area contributed by atoms with Gasteiger partial charge in [-0.3, -0.25) is 0 Å². The molecule has 0 aromatic carbocycles. The van der Waals surface area contributed by atoms with Crippen molar-refractivity contribution in [1.29, 1.82) is 0 Å². The summed E-state index contributed by atoms with van der Waals surface area (Å²) in [5, 5.41) is 3.48. The zero-order valence-electron chi connectivity index (χ0n) is 10.7. The van der Waals surface area contributed by atoms with Gasteiger partial charge >= 0.3 is 0 Å². The van der Waals surface area contributed by atoms with Gasteiger partial charge in [0.1, 0.15) is 0 Å². The van der Waals surface area contributed by atoms with E-state index in [-0.39, 0.29) is 11.1 Å². The standard InChI is InChI=1S/C12H27NO/c1-7-11(8-2,13-5)12(9-3,10-4)14-6/h13H,7-10H2,1-6H3. The van der Waals surface area contributed by atoms with E-state index in [1.807, 2.05) is 14.2 Å². The summed E-state index contributed by atoms with van der Waals surface area (Å²) in [5.74, 6) is 0. The molecule has 0 aliphatic carbocycles. The van der Waals surface area contributed by atoms with Crippen molar-refractivity contribution in [1.82, 2.24) is 5.32 Å². The summed E-state index contributed by atoms with van der Waals surface area (Å²) in [6.45, 7) is 8.90. The number of hydrogen-bond donors (Lipinski definition) is 1. The molecule has 0 unspecified atom stereocenters. The van der Waals surface area contributed by atoms with Gasteiger partial charge in [0.15, 0.2) is 0 Å². The summed E-state index contributed by atoms with van der Waals surface area (Å²) in [6, 6.07) is 0. The number of likely N-dealkylation sites (N-methyl/N-ethyl adjacent to an activating group) is 1. The molecule has 0 rings (SSSR count). The molecule has 86 valence electrons. The Balaban J connectivity index is 5.08. The fraction of sp³-hybridized carbons (Fsp3) is 1.00. The number of nitrogens with one attached hydrogen (secondary N) is 1. The van der Waals surface area contributed by atoms with Crippen LogP contribution in [0.4, 0.5) is 0 Å². The summed E-state index contributed by atoms with van der Waals surface area (Å²) >= 11 is 0. The largest absolute Gasteiger partial charge is 0.376 e. The highest BCUT2D eigenvalue weighted by Crippen LogP contribution is 2.37. The normalized spacial score (nSPS) is 13.3. The monoisotopic (exact) mass is 201 g/mol. The Kier molecular flexibility index (Phi) is 5.68. The Morgan fingerprint density at radius 1 is 0.929 bits per heavy atom. The van der Waals surface area contributed by atoms with Crippen molar-refractivity contribution in [3.8, 4) is 0 Å². The number of ether oxygens (including phenoxy) is 1. The van der Waals surface area contributed by atoms with Gasteiger partial charge in [-0.15, -0.1) is 0 Å². The smallest absolute Gasteiger partial charge is 0.0853 e. The minimum Gasteiger partial charge on any atom is -0.376 e. The lowest BCUT2D eigenvalue weighted by Gasteiger charge is -2.49. The van der Waals surface area contributed by atoms with Crippen LogP contribution in [-0.4, -0.2) is 25.3 Å². The van der Waals surface area contributed by atoms with Crippen molar-refractivity contribution < 1.29 is 4.74 Å². The second kappa shape index (κ2) is 5.72. The first-order chi connectivity index (χ1) is 6.61. The van der Waals surface area contributed by atoms with E-state index >= 15 is 0 Å². The van der Waals surface area contributed by atoms with E-state index < -0.39 is 0 Å². The molecule has 0 heterocycles. The van der Waals surface area contributed by atoms with Gasteiger partial charge in [-0.1, -0.05) is 27.7 Å². The van der Waals surface area contributed by atoms with Gasteiger partial charge in [0.05, 0.1) is 5.60 Å². The predicted molar refractivity (Wildman–Crippen MR) is 62.7 cm³/mol. The third-order valence-corrected chi connectivity index (χ3v) is 4.09. The van der Waals surface area contributed by atoms with Crippen LogP contribution in [0.15, 0.2) is 0 Å². The van der Waals surface area contributed by atoms with Crippen LogP contribution in [-0.2, 0) is 4.74 Å². The SMILES string of the molecule is CCC(CC)(NC)C(CC)(CC)OC. The van der Waals surface area contributed by atoms with E-state index in [0.29, 0.717) is 0 Å². The van der Waals surface area contributed by atoms with Gasteiger partial charge in [0.2, 0.25) is 0 Å². The van der Waals surface area contributed by atoms with Crippen LogP contribution in [0.1, 0.15) is 53.4 Å². The molecule has 0 aliphatic rings. The zero-order valence-corrected chi connectivity index (χ0v) is 10.7. The van der Waals surface area contributed by atoms with Crippen LogP contribution in [0.3, 0.4) is 0 Å². The van der Waals surface area contributed by atoms with Crippen molar-refractivity contribution in [2.24, 2.45) is 0 Å². The van der Waals surface area contributed by atoms with E-state index in [2.05, 4.69) is 33.0 Å². The van der Waals surface area contributed by atoms with E-state index in [4.69, 9.17) is 4.74 Å². The molecule has 0 atom stereocenters. The van der Waals surface area contributed by atoms with Crippen molar-refractivity contribution in [3.63, 3.8) is 0 Å². The molecule has 2 nitrogen and oxygen atoms in total. The third kappa shape index (κ3) is 1.96. The van der Waals surface area contributed by atoms with Gasteiger partial charge in [-0.05, 0) is 32.7 Å². The molecule has 0 saturated heterocycles. The lowest BCUT2D eigenvalue weighted by atomic mass is 9.72. The molecule has 14 heavy (non-hydrogen) atoms.